The van der Waals surface area contributed by atoms with Crippen LogP contribution in [0.4, 0.5) is 5.69 Å². The Kier molecular flexibility index (Phi) is 4.81. The first-order valence-corrected chi connectivity index (χ1v) is 8.63. The molecule has 1 aromatic carbocycles. The van der Waals surface area contributed by atoms with Crippen molar-refractivity contribution in [3.8, 4) is 0 Å². The van der Waals surface area contributed by atoms with Gasteiger partial charge < -0.3 is 10.6 Å². The number of benzene rings is 1. The summed E-state index contributed by atoms with van der Waals surface area (Å²) in [7, 11) is 0. The molecule has 3 rings (SSSR count). The Hall–Kier alpha value is -1.06. The van der Waals surface area contributed by atoms with Crippen molar-refractivity contribution in [2.75, 3.05) is 31.1 Å². The molecule has 0 amide bonds. The number of piperazine rings is 1. The maximum atomic E-state index is 6.29. The zero-order valence-electron chi connectivity index (χ0n) is 13.3. The van der Waals surface area contributed by atoms with Crippen LogP contribution >= 0.6 is 0 Å². The van der Waals surface area contributed by atoms with Crippen molar-refractivity contribution in [3.63, 3.8) is 0 Å². The molecular weight excluding hydrogens is 258 g/mol. The van der Waals surface area contributed by atoms with E-state index in [1.165, 1.54) is 50.0 Å². The first-order valence-electron chi connectivity index (χ1n) is 8.63. The molecule has 1 atom stereocenters. The summed E-state index contributed by atoms with van der Waals surface area (Å²) < 4.78 is 0. The van der Waals surface area contributed by atoms with E-state index in [1.54, 1.807) is 0 Å². The minimum absolute atomic E-state index is 0.161. The highest BCUT2D eigenvalue weighted by Gasteiger charge is 2.27. The zero-order valence-corrected chi connectivity index (χ0v) is 13.3. The molecule has 0 bridgehead atoms. The van der Waals surface area contributed by atoms with Gasteiger partial charge in [0.2, 0.25) is 0 Å². The lowest BCUT2D eigenvalue weighted by Crippen LogP contribution is -2.50. The topological polar surface area (TPSA) is 32.5 Å². The maximum absolute atomic E-state index is 6.29. The molecule has 0 aromatic heterocycles. The lowest BCUT2D eigenvalue weighted by Gasteiger charge is -2.40. The lowest BCUT2D eigenvalue weighted by atomic mass is 10.0. The summed E-state index contributed by atoms with van der Waals surface area (Å²) in [5.74, 6) is 0. The van der Waals surface area contributed by atoms with E-state index in [4.69, 9.17) is 5.73 Å². The number of anilines is 1. The van der Waals surface area contributed by atoms with Gasteiger partial charge >= 0.3 is 0 Å². The first-order chi connectivity index (χ1) is 10.3. The number of nitrogens with two attached hydrogens (primary N) is 1. The van der Waals surface area contributed by atoms with Crippen molar-refractivity contribution in [3.05, 3.63) is 29.8 Å². The highest BCUT2D eigenvalue weighted by molar-refractivity contribution is 5.55. The molecule has 116 valence electrons. The molecule has 1 saturated heterocycles. The van der Waals surface area contributed by atoms with Gasteiger partial charge in [0.15, 0.2) is 0 Å². The second-order valence-electron chi connectivity index (χ2n) is 6.53. The van der Waals surface area contributed by atoms with Crippen LogP contribution in [0.2, 0.25) is 0 Å². The minimum atomic E-state index is 0.161. The van der Waals surface area contributed by atoms with E-state index < -0.39 is 0 Å². The second kappa shape index (κ2) is 6.80. The molecule has 2 N–H and O–H groups in total. The van der Waals surface area contributed by atoms with Gasteiger partial charge in [0.25, 0.3) is 0 Å². The SMILES string of the molecule is CC[C@@H](N)c1ccccc1N1CCN(C2CCCC2)CC1. The monoisotopic (exact) mass is 287 g/mol. The Bertz CT molecular complexity index is 446. The van der Waals surface area contributed by atoms with Gasteiger partial charge in [0.1, 0.15) is 0 Å². The average molecular weight is 287 g/mol. The van der Waals surface area contributed by atoms with Crippen molar-refractivity contribution in [1.82, 2.24) is 4.90 Å². The Balaban J connectivity index is 1.66. The summed E-state index contributed by atoms with van der Waals surface area (Å²) >= 11 is 0. The summed E-state index contributed by atoms with van der Waals surface area (Å²) in [4.78, 5) is 5.25. The standard InChI is InChI=1S/C18H29N3/c1-2-17(19)16-9-5-6-10-18(16)21-13-11-20(12-14-21)15-7-3-4-8-15/h5-6,9-10,15,17H,2-4,7-8,11-14,19H2,1H3/t17-/m1/s1. The third kappa shape index (κ3) is 3.24. The van der Waals surface area contributed by atoms with Crippen LogP contribution in [-0.4, -0.2) is 37.1 Å². The Labute approximate surface area is 129 Å². The molecule has 0 spiro atoms. The largest absolute Gasteiger partial charge is 0.369 e. The van der Waals surface area contributed by atoms with Gasteiger partial charge in [-0.15, -0.1) is 0 Å². The Morgan fingerprint density at radius 3 is 2.43 bits per heavy atom. The van der Waals surface area contributed by atoms with E-state index in [9.17, 15) is 0 Å². The van der Waals surface area contributed by atoms with Crippen molar-refractivity contribution in [2.24, 2.45) is 5.73 Å². The third-order valence-corrected chi connectivity index (χ3v) is 5.27. The fraction of sp³-hybridized carbons (Fsp3) is 0.667. The van der Waals surface area contributed by atoms with Crippen LogP contribution in [-0.2, 0) is 0 Å². The molecule has 2 aliphatic rings. The summed E-state index contributed by atoms with van der Waals surface area (Å²) in [5, 5.41) is 0. The van der Waals surface area contributed by atoms with E-state index in [0.29, 0.717) is 0 Å². The summed E-state index contributed by atoms with van der Waals surface area (Å²) in [6, 6.07) is 9.73. The van der Waals surface area contributed by atoms with Crippen molar-refractivity contribution < 1.29 is 0 Å². The van der Waals surface area contributed by atoms with Crippen LogP contribution in [0.15, 0.2) is 24.3 Å². The molecule has 3 nitrogen and oxygen atoms in total. The van der Waals surface area contributed by atoms with Crippen molar-refractivity contribution in [1.29, 1.82) is 0 Å². The van der Waals surface area contributed by atoms with E-state index in [0.717, 1.165) is 25.6 Å². The Morgan fingerprint density at radius 2 is 1.76 bits per heavy atom. The molecule has 21 heavy (non-hydrogen) atoms. The van der Waals surface area contributed by atoms with Crippen LogP contribution in [0.1, 0.15) is 50.6 Å². The number of nitrogens with zero attached hydrogens (tertiary/aromatic N) is 2. The van der Waals surface area contributed by atoms with Gasteiger partial charge in [-0.3, -0.25) is 4.90 Å². The number of para-hydroxylation sites is 1. The van der Waals surface area contributed by atoms with Gasteiger partial charge in [-0.1, -0.05) is 38.0 Å². The van der Waals surface area contributed by atoms with Gasteiger partial charge in [-0.05, 0) is 30.9 Å². The van der Waals surface area contributed by atoms with Gasteiger partial charge in [-0.25, -0.2) is 0 Å². The molecule has 1 saturated carbocycles. The third-order valence-electron chi connectivity index (χ3n) is 5.27. The van der Waals surface area contributed by atoms with Crippen molar-refractivity contribution in [2.45, 2.75) is 51.1 Å². The molecule has 0 radical (unpaired) electrons. The van der Waals surface area contributed by atoms with Crippen LogP contribution in [0.5, 0.6) is 0 Å². The van der Waals surface area contributed by atoms with Crippen LogP contribution in [0.3, 0.4) is 0 Å². The first kappa shape index (κ1) is 14.9. The number of rotatable bonds is 4. The lowest BCUT2D eigenvalue weighted by molar-refractivity contribution is 0.187. The van der Waals surface area contributed by atoms with Crippen LogP contribution in [0, 0.1) is 0 Å². The molecule has 1 aromatic rings. The number of hydrogen-bond donors (Lipinski definition) is 1. The van der Waals surface area contributed by atoms with Crippen LogP contribution < -0.4 is 10.6 Å². The maximum Gasteiger partial charge on any atom is 0.0415 e. The van der Waals surface area contributed by atoms with Crippen molar-refractivity contribution >= 4 is 5.69 Å². The summed E-state index contributed by atoms with van der Waals surface area (Å²) in [5.41, 5.74) is 8.96. The molecule has 3 heteroatoms. The molecule has 0 unspecified atom stereocenters. The van der Waals surface area contributed by atoms with Gasteiger partial charge in [0.05, 0.1) is 0 Å². The normalized spacial score (nSPS) is 22.7. The summed E-state index contributed by atoms with van der Waals surface area (Å²) in [6.45, 7) is 6.87. The van der Waals surface area contributed by atoms with E-state index >= 15 is 0 Å². The van der Waals surface area contributed by atoms with E-state index in [2.05, 4.69) is 41.0 Å². The molecule has 1 aliphatic heterocycles. The molecule has 1 aliphatic carbocycles. The predicted octanol–water partition coefficient (Wildman–Crippen LogP) is 3.16. The average Bonchev–Trinajstić information content (AvgIpc) is 3.09. The smallest absolute Gasteiger partial charge is 0.0415 e. The quantitative estimate of drug-likeness (QED) is 0.923. The molecule has 1 heterocycles. The highest BCUT2D eigenvalue weighted by Crippen LogP contribution is 2.29. The second-order valence-corrected chi connectivity index (χ2v) is 6.53. The van der Waals surface area contributed by atoms with Crippen LogP contribution in [0.25, 0.3) is 0 Å². The fourth-order valence-corrected chi connectivity index (χ4v) is 3.91. The molecular formula is C18H29N3. The summed E-state index contributed by atoms with van der Waals surface area (Å²) in [6.07, 6.45) is 6.69. The van der Waals surface area contributed by atoms with E-state index in [1.807, 2.05) is 0 Å². The van der Waals surface area contributed by atoms with Gasteiger partial charge in [0, 0.05) is 44.0 Å². The fourth-order valence-electron chi connectivity index (χ4n) is 3.91. The van der Waals surface area contributed by atoms with Gasteiger partial charge in [-0.2, -0.15) is 0 Å². The van der Waals surface area contributed by atoms with E-state index in [-0.39, 0.29) is 6.04 Å². The predicted molar refractivity (Wildman–Crippen MR) is 89.7 cm³/mol. The molecule has 2 fully saturated rings. The zero-order chi connectivity index (χ0) is 14.7. The number of hydrogen-bond acceptors (Lipinski definition) is 3. The Morgan fingerprint density at radius 1 is 1.10 bits per heavy atom. The minimum Gasteiger partial charge on any atom is -0.369 e. The highest BCUT2D eigenvalue weighted by atomic mass is 15.3.